The van der Waals surface area contributed by atoms with Gasteiger partial charge >= 0.3 is 6.09 Å². The highest BCUT2D eigenvalue weighted by Crippen LogP contribution is 2.49. The largest absolute Gasteiger partial charge is 0.444 e. The molecule has 6 atom stereocenters. The number of rotatable bonds is 7. The van der Waals surface area contributed by atoms with Gasteiger partial charge in [-0.3, -0.25) is 9.69 Å². The Balaban J connectivity index is 1.21. The lowest BCUT2D eigenvalue weighted by atomic mass is 10.1. The lowest BCUT2D eigenvalue weighted by Crippen LogP contribution is -2.56. The third-order valence-electron chi connectivity index (χ3n) is 8.13. The maximum absolute atomic E-state index is 13.7. The third-order valence-corrected chi connectivity index (χ3v) is 8.13. The monoisotopic (exact) mass is 531 g/mol. The van der Waals surface area contributed by atoms with Crippen LogP contribution in [0.3, 0.4) is 0 Å². The fraction of sp³-hybridized carbons (Fsp3) is 0.556. The van der Waals surface area contributed by atoms with E-state index in [0.717, 1.165) is 24.1 Å². The molecule has 2 N–H and O–H groups in total. The van der Waals surface area contributed by atoms with Crippen molar-refractivity contribution in [3.05, 3.63) is 36.5 Å². The third kappa shape index (κ3) is 4.61. The molecule has 1 aromatic carbocycles. The summed E-state index contributed by atoms with van der Waals surface area (Å²) in [5.41, 5.74) is 1.58. The molecule has 0 radical (unpaired) electrons. The van der Waals surface area contributed by atoms with E-state index in [2.05, 4.69) is 48.4 Å². The topological polar surface area (TPSA) is 143 Å². The van der Waals surface area contributed by atoms with Gasteiger partial charge in [0.25, 0.3) is 0 Å². The normalized spacial score (nSPS) is 28.3. The Hall–Kier alpha value is -3.98. The standard InChI is InChI=1S/C27H33N9O3/c1-15(35-17(12-28)9-16-10-22(16)35)20(29-26(38)39-27(2,3)4)14-34-13-18-11-23(34)25(37)36(18)21-8-6-5-7-19(21)24-30-32-33-31-24/h5-8,16-18,20,22-23H,1,9-11,13-14H2,2-4H3,(H,29,38)(H,30,31,32,33)/t16?,17?,18-,20?,22?,23?/m0/s1. The van der Waals surface area contributed by atoms with Gasteiger partial charge in [-0.1, -0.05) is 18.7 Å². The molecule has 1 aromatic heterocycles. The van der Waals surface area contributed by atoms with E-state index in [9.17, 15) is 14.9 Å². The molecular weight excluding hydrogens is 498 g/mol. The van der Waals surface area contributed by atoms with Gasteiger partial charge in [-0.2, -0.15) is 5.26 Å². The molecule has 12 nitrogen and oxygen atoms in total. The molecule has 12 heteroatoms. The number of carbonyl (C=O) groups is 2. The Morgan fingerprint density at radius 2 is 2.10 bits per heavy atom. The quantitative estimate of drug-likeness (QED) is 0.549. The molecule has 1 aliphatic carbocycles. The van der Waals surface area contributed by atoms with Crippen LogP contribution in [-0.4, -0.2) is 91.3 Å². The van der Waals surface area contributed by atoms with Crippen molar-refractivity contribution in [2.75, 3.05) is 18.0 Å². The summed E-state index contributed by atoms with van der Waals surface area (Å²) in [4.78, 5) is 32.6. The van der Waals surface area contributed by atoms with Crippen LogP contribution in [0.1, 0.15) is 40.0 Å². The summed E-state index contributed by atoms with van der Waals surface area (Å²) >= 11 is 0. The first-order chi connectivity index (χ1) is 18.6. The summed E-state index contributed by atoms with van der Waals surface area (Å²) in [7, 11) is 0. The predicted molar refractivity (Wildman–Crippen MR) is 141 cm³/mol. The number of H-pyrrole nitrogens is 1. The van der Waals surface area contributed by atoms with E-state index in [0.29, 0.717) is 43.0 Å². The highest BCUT2D eigenvalue weighted by molar-refractivity contribution is 6.03. The summed E-state index contributed by atoms with van der Waals surface area (Å²) < 4.78 is 5.55. The van der Waals surface area contributed by atoms with Crippen molar-refractivity contribution in [1.82, 2.24) is 35.7 Å². The highest BCUT2D eigenvalue weighted by Gasteiger charge is 2.55. The molecule has 3 saturated heterocycles. The van der Waals surface area contributed by atoms with Crippen LogP contribution in [0.15, 0.2) is 36.5 Å². The Morgan fingerprint density at radius 3 is 2.79 bits per heavy atom. The first-order valence-corrected chi connectivity index (χ1v) is 13.4. The number of piperidine rings is 1. The fourth-order valence-electron chi connectivity index (χ4n) is 6.42. The van der Waals surface area contributed by atoms with Crippen LogP contribution in [0.4, 0.5) is 10.5 Å². The second kappa shape index (κ2) is 9.34. The van der Waals surface area contributed by atoms with Crippen LogP contribution < -0.4 is 10.2 Å². The van der Waals surface area contributed by atoms with E-state index in [-0.39, 0.29) is 24.0 Å². The molecular formula is C27H33N9O3. The smallest absolute Gasteiger partial charge is 0.408 e. The van der Waals surface area contributed by atoms with Crippen molar-refractivity contribution in [2.24, 2.45) is 5.92 Å². The van der Waals surface area contributed by atoms with Gasteiger partial charge in [0.2, 0.25) is 5.91 Å². The number of likely N-dealkylation sites (tertiary alicyclic amines) is 2. The zero-order valence-electron chi connectivity index (χ0n) is 22.4. The van der Waals surface area contributed by atoms with Crippen molar-refractivity contribution in [3.63, 3.8) is 0 Å². The van der Waals surface area contributed by atoms with Gasteiger partial charge < -0.3 is 19.9 Å². The number of hydrogen-bond acceptors (Lipinski definition) is 9. The first-order valence-electron chi connectivity index (χ1n) is 13.4. The number of nitrogens with one attached hydrogen (secondary N) is 2. The Kier molecular flexibility index (Phi) is 6.06. The van der Waals surface area contributed by atoms with Crippen molar-refractivity contribution in [1.29, 1.82) is 5.26 Å². The molecule has 2 bridgehead atoms. The number of hydrogen-bond donors (Lipinski definition) is 2. The SMILES string of the molecule is C=C(C(CN1C[C@@H]2CC1C(=O)N2c1ccccc1-c1nnn[nH]1)NC(=O)OC(C)(C)C)N1C(C#N)CC2CC21. The number of anilines is 1. The van der Waals surface area contributed by atoms with E-state index >= 15 is 0 Å². The average Bonchev–Trinajstić information content (AvgIpc) is 3.32. The van der Waals surface area contributed by atoms with E-state index < -0.39 is 17.7 Å². The molecule has 6 rings (SSSR count). The van der Waals surface area contributed by atoms with Gasteiger partial charge in [0.05, 0.1) is 29.9 Å². The average molecular weight is 532 g/mol. The van der Waals surface area contributed by atoms with Crippen molar-refractivity contribution < 1.29 is 14.3 Å². The summed E-state index contributed by atoms with van der Waals surface area (Å²) in [5.74, 6) is 1.02. The summed E-state index contributed by atoms with van der Waals surface area (Å²) in [6.07, 6.45) is 2.00. The van der Waals surface area contributed by atoms with Gasteiger partial charge in [-0.25, -0.2) is 9.89 Å². The molecule has 4 fully saturated rings. The van der Waals surface area contributed by atoms with Gasteiger partial charge in [0, 0.05) is 30.4 Å². The summed E-state index contributed by atoms with van der Waals surface area (Å²) in [6.45, 7) is 10.8. The Bertz CT molecular complexity index is 1330. The second-order valence-electron chi connectivity index (χ2n) is 11.9. The van der Waals surface area contributed by atoms with Crippen molar-refractivity contribution in [2.45, 2.75) is 75.8 Å². The second-order valence-corrected chi connectivity index (χ2v) is 11.9. The number of ether oxygens (including phenoxy) is 1. The van der Waals surface area contributed by atoms with E-state index in [1.165, 1.54) is 0 Å². The molecule has 204 valence electrons. The zero-order valence-corrected chi connectivity index (χ0v) is 22.4. The van der Waals surface area contributed by atoms with Crippen LogP contribution in [0.25, 0.3) is 11.4 Å². The summed E-state index contributed by atoms with van der Waals surface area (Å²) in [5, 5.41) is 26.9. The minimum Gasteiger partial charge on any atom is -0.444 e. The van der Waals surface area contributed by atoms with E-state index in [1.807, 2.05) is 49.9 Å². The van der Waals surface area contributed by atoms with Gasteiger partial charge in [-0.15, -0.1) is 5.10 Å². The minimum absolute atomic E-state index is 0.00568. The van der Waals surface area contributed by atoms with Crippen LogP contribution >= 0.6 is 0 Å². The molecule has 4 aliphatic rings. The number of piperazine rings is 1. The molecule has 5 unspecified atom stereocenters. The maximum Gasteiger partial charge on any atom is 0.408 e. The number of para-hydroxylation sites is 1. The molecule has 3 aliphatic heterocycles. The number of nitrogens with zero attached hydrogens (tertiary/aromatic N) is 7. The zero-order chi connectivity index (χ0) is 27.5. The number of amides is 2. The number of fused-ring (bicyclic) bond motifs is 3. The lowest BCUT2D eigenvalue weighted by Gasteiger charge is -2.39. The lowest BCUT2D eigenvalue weighted by molar-refractivity contribution is -0.122. The molecule has 2 amide bonds. The van der Waals surface area contributed by atoms with Crippen LogP contribution in [-0.2, 0) is 9.53 Å². The van der Waals surface area contributed by atoms with E-state index in [1.54, 1.807) is 0 Å². The number of benzene rings is 1. The maximum atomic E-state index is 13.7. The number of nitriles is 1. The Labute approximate surface area is 227 Å². The van der Waals surface area contributed by atoms with Crippen molar-refractivity contribution in [3.8, 4) is 17.5 Å². The number of tetrazole rings is 1. The van der Waals surface area contributed by atoms with Crippen LogP contribution in [0.5, 0.6) is 0 Å². The number of aromatic amines is 1. The van der Waals surface area contributed by atoms with Gasteiger partial charge in [0.15, 0.2) is 5.82 Å². The number of alkyl carbamates (subject to hydrolysis) is 1. The Morgan fingerprint density at radius 1 is 1.31 bits per heavy atom. The minimum atomic E-state index is -0.657. The van der Waals surface area contributed by atoms with Crippen LogP contribution in [0, 0.1) is 17.2 Å². The van der Waals surface area contributed by atoms with Crippen LogP contribution in [0.2, 0.25) is 0 Å². The number of carbonyl (C=O) groups excluding carboxylic acids is 2. The predicted octanol–water partition coefficient (Wildman–Crippen LogP) is 2.05. The van der Waals surface area contributed by atoms with Gasteiger partial charge in [0.1, 0.15) is 11.6 Å². The molecule has 1 saturated carbocycles. The first kappa shape index (κ1) is 25.3. The molecule has 0 spiro atoms. The summed E-state index contributed by atoms with van der Waals surface area (Å²) in [6, 6.07) is 9.19. The molecule has 4 heterocycles. The fourth-order valence-corrected chi connectivity index (χ4v) is 6.42. The highest BCUT2D eigenvalue weighted by atomic mass is 16.6. The van der Waals surface area contributed by atoms with Gasteiger partial charge in [-0.05, 0) is 68.5 Å². The number of aromatic nitrogens is 4. The molecule has 2 aromatic rings. The molecule has 39 heavy (non-hydrogen) atoms. The van der Waals surface area contributed by atoms with E-state index in [4.69, 9.17) is 4.74 Å². The van der Waals surface area contributed by atoms with Crippen molar-refractivity contribution >= 4 is 17.7 Å².